The highest BCUT2D eigenvalue weighted by atomic mass is 16.3. The number of carbonyl (C=O) groups is 2. The number of carbonyl (C=O) groups excluding carboxylic acids is 2. The van der Waals surface area contributed by atoms with Crippen molar-refractivity contribution in [2.75, 3.05) is 23.7 Å². The molecule has 10 nitrogen and oxygen atoms in total. The summed E-state index contributed by atoms with van der Waals surface area (Å²) in [4.78, 5) is 33.7. The Morgan fingerprint density at radius 3 is 2.70 bits per heavy atom. The third-order valence-corrected chi connectivity index (χ3v) is 4.73. The van der Waals surface area contributed by atoms with E-state index in [-0.39, 0.29) is 17.3 Å². The van der Waals surface area contributed by atoms with Crippen LogP contribution < -0.4 is 16.0 Å². The van der Waals surface area contributed by atoms with Gasteiger partial charge in [0.2, 0.25) is 5.89 Å². The lowest BCUT2D eigenvalue weighted by atomic mass is 10.2. The third-order valence-electron chi connectivity index (χ3n) is 4.73. The molecule has 1 aliphatic rings. The van der Waals surface area contributed by atoms with Gasteiger partial charge in [-0.15, -0.1) is 0 Å². The topological polar surface area (TPSA) is 127 Å². The molecule has 10 heteroatoms. The summed E-state index contributed by atoms with van der Waals surface area (Å²) >= 11 is 0. The van der Waals surface area contributed by atoms with E-state index in [0.29, 0.717) is 23.7 Å². The fourth-order valence-electron chi connectivity index (χ4n) is 3.21. The SMILES string of the molecule is Cn1cc2c(n1)C(=O)NCCCCCCNc1cc(ccn1)-c1nc(co1)C(=O)N2. The molecule has 30 heavy (non-hydrogen) atoms. The lowest BCUT2D eigenvalue weighted by Gasteiger charge is -2.07. The van der Waals surface area contributed by atoms with Gasteiger partial charge in [0.05, 0.1) is 5.69 Å². The first-order chi connectivity index (χ1) is 14.6. The Labute approximate surface area is 173 Å². The van der Waals surface area contributed by atoms with E-state index in [2.05, 4.69) is 31.0 Å². The van der Waals surface area contributed by atoms with Crippen molar-refractivity contribution in [2.45, 2.75) is 25.7 Å². The maximum atomic E-state index is 12.7. The van der Waals surface area contributed by atoms with Crippen LogP contribution in [0.1, 0.15) is 46.7 Å². The van der Waals surface area contributed by atoms with Crippen LogP contribution in [-0.2, 0) is 7.05 Å². The van der Waals surface area contributed by atoms with E-state index in [9.17, 15) is 9.59 Å². The molecular formula is C20H23N7O3. The molecule has 2 amide bonds. The van der Waals surface area contributed by atoms with Crippen molar-refractivity contribution >= 4 is 23.3 Å². The second-order valence-corrected chi connectivity index (χ2v) is 7.08. The standard InChI is InChI=1S/C20H23N7O3/c1-27-11-14-17(26-27)19(29)23-8-5-3-2-4-7-21-16-10-13(6-9-22-16)20-25-15(12-30-20)18(28)24-14/h6,9-12H,2-5,7-8H2,1H3,(H,21,22)(H,23,29)(H,24,28). The molecule has 4 heterocycles. The zero-order chi connectivity index (χ0) is 20.9. The molecule has 3 aromatic rings. The van der Waals surface area contributed by atoms with Gasteiger partial charge >= 0.3 is 0 Å². The van der Waals surface area contributed by atoms with Crippen LogP contribution >= 0.6 is 0 Å². The van der Waals surface area contributed by atoms with Crippen molar-refractivity contribution in [1.82, 2.24) is 25.1 Å². The molecule has 4 bridgehead atoms. The third kappa shape index (κ3) is 4.48. The number of anilines is 2. The van der Waals surface area contributed by atoms with Crippen LogP contribution in [-0.4, -0.2) is 44.7 Å². The number of amides is 2. The molecule has 0 atom stereocenters. The molecule has 0 saturated carbocycles. The largest absolute Gasteiger partial charge is 0.444 e. The van der Waals surface area contributed by atoms with E-state index in [1.165, 1.54) is 10.9 Å². The Hall–Kier alpha value is -3.69. The molecule has 0 radical (unpaired) electrons. The molecule has 0 spiro atoms. The first-order valence-electron chi connectivity index (χ1n) is 9.89. The summed E-state index contributed by atoms with van der Waals surface area (Å²) in [5.74, 6) is 0.223. The minimum Gasteiger partial charge on any atom is -0.444 e. The number of hydrogen-bond acceptors (Lipinski definition) is 7. The first-order valence-corrected chi connectivity index (χ1v) is 9.89. The van der Waals surface area contributed by atoms with Gasteiger partial charge in [-0.05, 0) is 25.0 Å². The second kappa shape index (κ2) is 8.76. The Morgan fingerprint density at radius 1 is 1.07 bits per heavy atom. The number of pyridine rings is 1. The predicted octanol–water partition coefficient (Wildman–Crippen LogP) is 2.44. The zero-order valence-electron chi connectivity index (χ0n) is 16.6. The van der Waals surface area contributed by atoms with Crippen LogP contribution in [0.3, 0.4) is 0 Å². The molecule has 0 aliphatic carbocycles. The first kappa shape index (κ1) is 19.6. The number of rotatable bonds is 0. The highest BCUT2D eigenvalue weighted by Crippen LogP contribution is 2.22. The van der Waals surface area contributed by atoms with Gasteiger partial charge in [-0.2, -0.15) is 5.10 Å². The average Bonchev–Trinajstić information content (AvgIpc) is 3.36. The Morgan fingerprint density at radius 2 is 1.87 bits per heavy atom. The molecule has 3 aromatic heterocycles. The molecule has 0 fully saturated rings. The van der Waals surface area contributed by atoms with Gasteiger partial charge in [0, 0.05) is 38.1 Å². The molecule has 0 saturated heterocycles. The van der Waals surface area contributed by atoms with Crippen molar-refractivity contribution in [3.8, 4) is 11.5 Å². The number of oxazole rings is 1. The van der Waals surface area contributed by atoms with Gasteiger partial charge in [0.15, 0.2) is 11.4 Å². The molecular weight excluding hydrogens is 386 g/mol. The van der Waals surface area contributed by atoms with E-state index in [1.807, 2.05) is 6.07 Å². The lowest BCUT2D eigenvalue weighted by Crippen LogP contribution is -2.26. The smallest absolute Gasteiger partial charge is 0.277 e. The van der Waals surface area contributed by atoms with Crippen molar-refractivity contribution in [3.63, 3.8) is 0 Å². The van der Waals surface area contributed by atoms with Crippen molar-refractivity contribution in [1.29, 1.82) is 0 Å². The summed E-state index contributed by atoms with van der Waals surface area (Å²) < 4.78 is 6.98. The van der Waals surface area contributed by atoms with Crippen molar-refractivity contribution < 1.29 is 14.0 Å². The highest BCUT2D eigenvalue weighted by molar-refractivity contribution is 6.07. The van der Waals surface area contributed by atoms with Crippen LogP contribution in [0.4, 0.5) is 11.5 Å². The lowest BCUT2D eigenvalue weighted by molar-refractivity contribution is 0.0948. The van der Waals surface area contributed by atoms with E-state index >= 15 is 0 Å². The van der Waals surface area contributed by atoms with Gasteiger partial charge < -0.3 is 20.4 Å². The van der Waals surface area contributed by atoms with Crippen molar-refractivity contribution in [2.24, 2.45) is 7.05 Å². The minimum absolute atomic E-state index is 0.101. The number of hydrogen-bond donors (Lipinski definition) is 3. The van der Waals surface area contributed by atoms with Crippen LogP contribution in [0.15, 0.2) is 35.2 Å². The summed E-state index contributed by atoms with van der Waals surface area (Å²) in [6, 6.07) is 3.61. The predicted molar refractivity (Wildman–Crippen MR) is 110 cm³/mol. The normalized spacial score (nSPS) is 15.6. The fourth-order valence-corrected chi connectivity index (χ4v) is 3.21. The maximum Gasteiger partial charge on any atom is 0.277 e. The average molecular weight is 409 g/mol. The summed E-state index contributed by atoms with van der Waals surface area (Å²) in [7, 11) is 1.69. The van der Waals surface area contributed by atoms with Gasteiger partial charge in [-0.1, -0.05) is 12.8 Å². The molecule has 3 N–H and O–H groups in total. The van der Waals surface area contributed by atoms with Crippen LogP contribution in [0.2, 0.25) is 0 Å². The number of nitrogens with one attached hydrogen (secondary N) is 3. The van der Waals surface area contributed by atoms with Gasteiger partial charge in [0.25, 0.3) is 11.8 Å². The fraction of sp³-hybridized carbons (Fsp3) is 0.350. The summed E-state index contributed by atoms with van der Waals surface area (Å²) in [5, 5.41) is 13.0. The molecule has 0 aromatic carbocycles. The maximum absolute atomic E-state index is 12.7. The number of fused-ring (bicyclic) bond motifs is 6. The highest BCUT2D eigenvalue weighted by Gasteiger charge is 2.20. The number of aryl methyl sites for hydroxylation is 1. The Bertz CT molecular complexity index is 1060. The van der Waals surface area contributed by atoms with E-state index < -0.39 is 5.91 Å². The van der Waals surface area contributed by atoms with Crippen LogP contribution in [0.5, 0.6) is 0 Å². The molecule has 4 rings (SSSR count). The van der Waals surface area contributed by atoms with Crippen molar-refractivity contribution in [3.05, 3.63) is 42.2 Å². The zero-order valence-corrected chi connectivity index (χ0v) is 16.6. The Balaban J connectivity index is 1.61. The van der Waals surface area contributed by atoms with Gasteiger partial charge in [0.1, 0.15) is 12.1 Å². The summed E-state index contributed by atoms with van der Waals surface area (Å²) in [5.41, 5.74) is 1.30. The van der Waals surface area contributed by atoms with E-state index in [1.54, 1.807) is 25.5 Å². The second-order valence-electron chi connectivity index (χ2n) is 7.08. The Kier molecular flexibility index (Phi) is 5.73. The number of aromatic nitrogens is 4. The quantitative estimate of drug-likeness (QED) is 0.520. The summed E-state index contributed by atoms with van der Waals surface area (Å²) in [6.45, 7) is 1.34. The van der Waals surface area contributed by atoms with E-state index in [0.717, 1.165) is 38.0 Å². The van der Waals surface area contributed by atoms with Gasteiger partial charge in [-0.3, -0.25) is 14.3 Å². The van der Waals surface area contributed by atoms with Crippen LogP contribution in [0, 0.1) is 0 Å². The summed E-state index contributed by atoms with van der Waals surface area (Å²) in [6.07, 6.45) is 8.44. The molecule has 0 unspecified atom stereocenters. The minimum atomic E-state index is -0.489. The van der Waals surface area contributed by atoms with Gasteiger partial charge in [-0.25, -0.2) is 9.97 Å². The number of nitrogens with zero attached hydrogens (tertiary/aromatic N) is 4. The van der Waals surface area contributed by atoms with Crippen LogP contribution in [0.25, 0.3) is 11.5 Å². The molecule has 1 aliphatic heterocycles. The monoisotopic (exact) mass is 409 g/mol. The molecule has 156 valence electrons. The van der Waals surface area contributed by atoms with E-state index in [4.69, 9.17) is 4.42 Å².